The van der Waals surface area contributed by atoms with E-state index in [9.17, 15) is 14.9 Å². The summed E-state index contributed by atoms with van der Waals surface area (Å²) in [7, 11) is -1.21. The Morgan fingerprint density at radius 3 is 2.41 bits per heavy atom. The van der Waals surface area contributed by atoms with Gasteiger partial charge < -0.3 is 29.7 Å². The molecular weight excluding hydrogens is 373 g/mol. The van der Waals surface area contributed by atoms with E-state index in [1.807, 2.05) is 20.8 Å². The van der Waals surface area contributed by atoms with Crippen molar-refractivity contribution in [3.63, 3.8) is 0 Å². The molecule has 1 aliphatic rings. The van der Waals surface area contributed by atoms with Gasteiger partial charge in [0.15, 0.2) is 0 Å². The first-order chi connectivity index (χ1) is 13.2. The van der Waals surface area contributed by atoms with Gasteiger partial charge in [-0.05, 0) is 54.5 Å². The number of ether oxygens (including phenoxy) is 1. The molecule has 29 heavy (non-hydrogen) atoms. The fourth-order valence-corrected chi connectivity index (χ4v) is 2.70. The highest BCUT2D eigenvalue weighted by Crippen LogP contribution is 2.25. The number of rotatable bonds is 5. The van der Waals surface area contributed by atoms with Crippen LogP contribution in [0.15, 0.2) is 18.3 Å². The molecule has 0 aliphatic carbocycles. The van der Waals surface area contributed by atoms with E-state index in [-0.39, 0.29) is 12.1 Å². The maximum absolute atomic E-state index is 12.3. The standard InChI is InChI=1S/C20H34BN3O5/c1-18(2,3)28-17(25)24-11-10-22-16(13-24)15-9-8-14(12-23-15)21(27)29-20(6,7)19(4,5)26/h8-9,12,16,22,26-27H,10-11,13H2,1-7H3. The minimum absolute atomic E-state index is 0.129. The van der Waals surface area contributed by atoms with Crippen LogP contribution < -0.4 is 10.8 Å². The molecule has 0 aromatic carbocycles. The number of aromatic nitrogens is 1. The Hall–Kier alpha value is -1.68. The van der Waals surface area contributed by atoms with Gasteiger partial charge in [-0.25, -0.2) is 4.79 Å². The Kier molecular flexibility index (Phi) is 6.99. The maximum Gasteiger partial charge on any atom is 0.493 e. The number of carbonyl (C=O) groups excluding carboxylic acids is 1. The van der Waals surface area contributed by atoms with E-state index in [1.165, 1.54) is 0 Å². The summed E-state index contributed by atoms with van der Waals surface area (Å²) in [5.74, 6) is 0. The number of aliphatic hydroxyl groups is 1. The third kappa shape index (κ3) is 6.40. The summed E-state index contributed by atoms with van der Waals surface area (Å²) >= 11 is 0. The van der Waals surface area contributed by atoms with Crippen LogP contribution >= 0.6 is 0 Å². The van der Waals surface area contributed by atoms with Gasteiger partial charge in [0.25, 0.3) is 0 Å². The number of carbonyl (C=O) groups is 1. The molecule has 0 radical (unpaired) electrons. The van der Waals surface area contributed by atoms with Gasteiger partial charge in [0, 0.05) is 31.3 Å². The molecule has 1 saturated heterocycles. The normalized spacial score (nSPS) is 18.5. The molecule has 162 valence electrons. The first-order valence-electron chi connectivity index (χ1n) is 9.95. The summed E-state index contributed by atoms with van der Waals surface area (Å²) in [6, 6.07) is 3.41. The minimum atomic E-state index is -1.21. The molecule has 1 amide bonds. The van der Waals surface area contributed by atoms with Crippen LogP contribution in [0.25, 0.3) is 0 Å². The fourth-order valence-electron chi connectivity index (χ4n) is 2.70. The molecule has 1 aromatic rings. The number of amides is 1. The summed E-state index contributed by atoms with van der Waals surface area (Å²) in [5, 5.41) is 23.9. The number of hydrogen-bond donors (Lipinski definition) is 3. The zero-order valence-electron chi connectivity index (χ0n) is 18.5. The van der Waals surface area contributed by atoms with Crippen molar-refractivity contribution in [1.82, 2.24) is 15.2 Å². The van der Waals surface area contributed by atoms with Crippen molar-refractivity contribution >= 4 is 18.7 Å². The van der Waals surface area contributed by atoms with Crippen LogP contribution in [-0.4, -0.2) is 69.7 Å². The van der Waals surface area contributed by atoms with Crippen molar-refractivity contribution < 1.29 is 24.3 Å². The zero-order valence-corrected chi connectivity index (χ0v) is 18.5. The predicted molar refractivity (Wildman–Crippen MR) is 112 cm³/mol. The van der Waals surface area contributed by atoms with Gasteiger partial charge in [0.1, 0.15) is 5.60 Å². The van der Waals surface area contributed by atoms with Crippen LogP contribution in [0.4, 0.5) is 4.79 Å². The molecule has 2 rings (SSSR count). The largest absolute Gasteiger partial charge is 0.493 e. The third-order valence-electron chi connectivity index (χ3n) is 5.16. The van der Waals surface area contributed by atoms with E-state index < -0.39 is 23.9 Å². The lowest BCUT2D eigenvalue weighted by atomic mass is 9.77. The van der Waals surface area contributed by atoms with E-state index in [0.29, 0.717) is 25.1 Å². The summed E-state index contributed by atoms with van der Waals surface area (Å²) in [5.41, 5.74) is -1.37. The third-order valence-corrected chi connectivity index (χ3v) is 5.16. The van der Waals surface area contributed by atoms with Crippen molar-refractivity contribution in [3.05, 3.63) is 24.0 Å². The number of nitrogens with one attached hydrogen (secondary N) is 1. The van der Waals surface area contributed by atoms with Crippen LogP contribution in [0.1, 0.15) is 60.2 Å². The monoisotopic (exact) mass is 407 g/mol. The Bertz CT molecular complexity index is 698. The predicted octanol–water partition coefficient (Wildman–Crippen LogP) is 1.22. The fraction of sp³-hybridized carbons (Fsp3) is 0.700. The summed E-state index contributed by atoms with van der Waals surface area (Å²) < 4.78 is 11.1. The minimum Gasteiger partial charge on any atom is -0.444 e. The van der Waals surface area contributed by atoms with Gasteiger partial charge >= 0.3 is 13.2 Å². The molecule has 3 N–H and O–H groups in total. The topological polar surface area (TPSA) is 104 Å². The molecule has 2 heterocycles. The van der Waals surface area contributed by atoms with Gasteiger partial charge in [0.05, 0.1) is 22.9 Å². The molecule has 0 spiro atoms. The Morgan fingerprint density at radius 2 is 1.90 bits per heavy atom. The lowest BCUT2D eigenvalue weighted by molar-refractivity contribution is -0.0982. The second-order valence-corrected chi connectivity index (χ2v) is 9.49. The molecule has 1 aliphatic heterocycles. The van der Waals surface area contributed by atoms with Crippen molar-refractivity contribution in [1.29, 1.82) is 0 Å². The van der Waals surface area contributed by atoms with E-state index in [4.69, 9.17) is 9.39 Å². The van der Waals surface area contributed by atoms with E-state index in [1.54, 1.807) is 50.9 Å². The average molecular weight is 407 g/mol. The van der Waals surface area contributed by atoms with Gasteiger partial charge in [-0.1, -0.05) is 6.07 Å². The second kappa shape index (κ2) is 8.59. The van der Waals surface area contributed by atoms with Crippen LogP contribution in [-0.2, 0) is 9.39 Å². The number of hydrogen-bond acceptors (Lipinski definition) is 7. The molecule has 1 unspecified atom stereocenters. The van der Waals surface area contributed by atoms with Gasteiger partial charge in [-0.3, -0.25) is 4.98 Å². The van der Waals surface area contributed by atoms with Gasteiger partial charge in [-0.15, -0.1) is 0 Å². The van der Waals surface area contributed by atoms with E-state index >= 15 is 0 Å². The van der Waals surface area contributed by atoms with Gasteiger partial charge in [-0.2, -0.15) is 0 Å². The number of nitrogens with zero attached hydrogens (tertiary/aromatic N) is 2. The quantitative estimate of drug-likeness (QED) is 0.631. The number of piperazine rings is 1. The van der Waals surface area contributed by atoms with Crippen LogP contribution in [0.2, 0.25) is 0 Å². The first kappa shape index (κ1) is 23.6. The highest BCUT2D eigenvalue weighted by atomic mass is 16.6. The summed E-state index contributed by atoms with van der Waals surface area (Å²) in [4.78, 5) is 18.4. The smallest absolute Gasteiger partial charge is 0.444 e. The zero-order chi connectivity index (χ0) is 22.0. The lowest BCUT2D eigenvalue weighted by Crippen LogP contribution is -2.53. The molecule has 8 nitrogen and oxygen atoms in total. The Labute approximate surface area is 173 Å². The maximum atomic E-state index is 12.3. The van der Waals surface area contributed by atoms with Crippen molar-refractivity contribution in [3.8, 4) is 0 Å². The molecule has 1 atom stereocenters. The van der Waals surface area contributed by atoms with Gasteiger partial charge in [0.2, 0.25) is 0 Å². The Morgan fingerprint density at radius 1 is 1.24 bits per heavy atom. The van der Waals surface area contributed by atoms with Crippen LogP contribution in [0.3, 0.4) is 0 Å². The first-order valence-corrected chi connectivity index (χ1v) is 9.95. The molecule has 1 fully saturated rings. The van der Waals surface area contributed by atoms with Crippen molar-refractivity contribution in [2.45, 2.75) is 71.3 Å². The molecule has 0 bridgehead atoms. The molecule has 1 aromatic heterocycles. The highest BCUT2D eigenvalue weighted by Gasteiger charge is 2.39. The molecule has 9 heteroatoms. The highest BCUT2D eigenvalue weighted by molar-refractivity contribution is 6.60. The lowest BCUT2D eigenvalue weighted by Gasteiger charge is -2.38. The second-order valence-electron chi connectivity index (χ2n) is 9.49. The van der Waals surface area contributed by atoms with E-state index in [2.05, 4.69) is 10.3 Å². The van der Waals surface area contributed by atoms with Crippen molar-refractivity contribution in [2.24, 2.45) is 0 Å². The van der Waals surface area contributed by atoms with Crippen LogP contribution in [0, 0.1) is 0 Å². The summed E-state index contributed by atoms with van der Waals surface area (Å²) in [6.45, 7) is 13.9. The van der Waals surface area contributed by atoms with Crippen molar-refractivity contribution in [2.75, 3.05) is 19.6 Å². The summed E-state index contributed by atoms with van der Waals surface area (Å²) in [6.07, 6.45) is 1.22. The SMILES string of the molecule is CC(C)(C)OC(=O)N1CCNC(c2ccc(B(O)OC(C)(C)C(C)(C)O)cn2)C1. The molecule has 0 saturated carbocycles. The number of pyridine rings is 1. The van der Waals surface area contributed by atoms with E-state index in [0.717, 1.165) is 5.69 Å². The Balaban J connectivity index is 2.03. The van der Waals surface area contributed by atoms with Crippen LogP contribution in [0.5, 0.6) is 0 Å². The average Bonchev–Trinajstić information content (AvgIpc) is 2.59. The molecular formula is C20H34BN3O5.